The summed E-state index contributed by atoms with van der Waals surface area (Å²) in [5.74, 6) is 0. The smallest absolute Gasteiger partial charge is 0.150 e. The maximum atomic E-state index is 10.6. The molecular formula is C15H11BrO. The SMILES string of the molecule is O=Cc1cccc(C=Cc2cccc(Br)c2)c1. The van der Waals surface area contributed by atoms with Gasteiger partial charge >= 0.3 is 0 Å². The molecule has 0 aliphatic rings. The topological polar surface area (TPSA) is 17.1 Å². The zero-order valence-corrected chi connectivity index (χ0v) is 10.7. The molecule has 84 valence electrons. The molecule has 2 aromatic carbocycles. The third kappa shape index (κ3) is 3.40. The first kappa shape index (κ1) is 11.8. The lowest BCUT2D eigenvalue weighted by atomic mass is 10.1. The van der Waals surface area contributed by atoms with Crippen molar-refractivity contribution in [3.63, 3.8) is 0 Å². The van der Waals surface area contributed by atoms with Gasteiger partial charge < -0.3 is 0 Å². The van der Waals surface area contributed by atoms with Crippen LogP contribution in [-0.2, 0) is 0 Å². The number of halogens is 1. The van der Waals surface area contributed by atoms with Gasteiger partial charge in [-0.25, -0.2) is 0 Å². The van der Waals surface area contributed by atoms with Gasteiger partial charge in [0.05, 0.1) is 0 Å². The zero-order chi connectivity index (χ0) is 12.1. The lowest BCUT2D eigenvalue weighted by Crippen LogP contribution is -1.80. The molecule has 0 aliphatic heterocycles. The molecule has 2 rings (SSSR count). The molecule has 0 atom stereocenters. The number of hydrogen-bond acceptors (Lipinski definition) is 1. The molecule has 17 heavy (non-hydrogen) atoms. The lowest BCUT2D eigenvalue weighted by molar-refractivity contribution is 0.112. The predicted molar refractivity (Wildman–Crippen MR) is 74.9 cm³/mol. The Bertz CT molecular complexity index is 558. The average molecular weight is 287 g/mol. The van der Waals surface area contributed by atoms with Crippen molar-refractivity contribution in [3.8, 4) is 0 Å². The molecule has 0 saturated carbocycles. The minimum atomic E-state index is 0.696. The van der Waals surface area contributed by atoms with Crippen LogP contribution in [-0.4, -0.2) is 6.29 Å². The first-order valence-corrected chi connectivity index (χ1v) is 6.06. The monoisotopic (exact) mass is 286 g/mol. The van der Waals surface area contributed by atoms with E-state index in [1.54, 1.807) is 6.07 Å². The molecule has 0 aromatic heterocycles. The van der Waals surface area contributed by atoms with Crippen LogP contribution in [0.3, 0.4) is 0 Å². The van der Waals surface area contributed by atoms with E-state index in [4.69, 9.17) is 0 Å². The van der Waals surface area contributed by atoms with Gasteiger partial charge in [0.2, 0.25) is 0 Å². The number of hydrogen-bond donors (Lipinski definition) is 0. The summed E-state index contributed by atoms with van der Waals surface area (Å²) >= 11 is 3.43. The van der Waals surface area contributed by atoms with Gasteiger partial charge in [-0.3, -0.25) is 4.79 Å². The van der Waals surface area contributed by atoms with Gasteiger partial charge in [-0.1, -0.05) is 58.4 Å². The van der Waals surface area contributed by atoms with Crippen molar-refractivity contribution >= 4 is 34.4 Å². The van der Waals surface area contributed by atoms with Crippen LogP contribution in [0.15, 0.2) is 53.0 Å². The summed E-state index contributed by atoms with van der Waals surface area (Å²) in [5.41, 5.74) is 2.84. The molecule has 0 fully saturated rings. The van der Waals surface area contributed by atoms with Crippen molar-refractivity contribution in [2.45, 2.75) is 0 Å². The maximum Gasteiger partial charge on any atom is 0.150 e. The summed E-state index contributed by atoms with van der Waals surface area (Å²) in [5, 5.41) is 0. The highest BCUT2D eigenvalue weighted by Crippen LogP contribution is 2.14. The second kappa shape index (κ2) is 5.60. The number of carbonyl (C=O) groups excluding carboxylic acids is 1. The van der Waals surface area contributed by atoms with Gasteiger partial charge in [0.1, 0.15) is 6.29 Å². The molecule has 0 spiro atoms. The molecule has 0 heterocycles. The van der Waals surface area contributed by atoms with Crippen molar-refractivity contribution in [2.75, 3.05) is 0 Å². The van der Waals surface area contributed by atoms with Crippen molar-refractivity contribution in [1.82, 2.24) is 0 Å². The first-order chi connectivity index (χ1) is 8.28. The molecule has 0 bridgehead atoms. The van der Waals surface area contributed by atoms with Crippen LogP contribution in [0.25, 0.3) is 12.2 Å². The van der Waals surface area contributed by atoms with Crippen molar-refractivity contribution in [1.29, 1.82) is 0 Å². The van der Waals surface area contributed by atoms with Gasteiger partial charge in [-0.2, -0.15) is 0 Å². The van der Waals surface area contributed by atoms with Gasteiger partial charge in [-0.05, 0) is 29.3 Å². The highest BCUT2D eigenvalue weighted by molar-refractivity contribution is 9.10. The second-order valence-corrected chi connectivity index (χ2v) is 4.59. The van der Waals surface area contributed by atoms with Crippen LogP contribution >= 0.6 is 15.9 Å². The Morgan fingerprint density at radius 3 is 2.06 bits per heavy atom. The number of aldehydes is 1. The van der Waals surface area contributed by atoms with E-state index >= 15 is 0 Å². The third-order valence-electron chi connectivity index (χ3n) is 2.36. The van der Waals surface area contributed by atoms with E-state index in [1.165, 1.54) is 0 Å². The Labute approximate surface area is 109 Å². The van der Waals surface area contributed by atoms with Crippen LogP contribution in [0.2, 0.25) is 0 Å². The number of carbonyl (C=O) groups is 1. The minimum absolute atomic E-state index is 0.696. The largest absolute Gasteiger partial charge is 0.298 e. The van der Waals surface area contributed by atoms with Crippen molar-refractivity contribution in [2.24, 2.45) is 0 Å². The Balaban J connectivity index is 2.22. The van der Waals surface area contributed by atoms with E-state index in [0.717, 1.165) is 21.9 Å². The van der Waals surface area contributed by atoms with E-state index in [-0.39, 0.29) is 0 Å². The minimum Gasteiger partial charge on any atom is -0.298 e. The standard InChI is InChI=1S/C15H11BrO/c16-15-6-2-4-13(10-15)8-7-12-3-1-5-14(9-12)11-17/h1-11H. The molecule has 0 saturated heterocycles. The molecule has 2 heteroatoms. The molecule has 0 radical (unpaired) electrons. The normalized spacial score (nSPS) is 10.6. The van der Waals surface area contributed by atoms with E-state index in [0.29, 0.717) is 5.56 Å². The Morgan fingerprint density at radius 1 is 0.824 bits per heavy atom. The molecule has 1 nitrogen and oxygen atoms in total. The fourth-order valence-corrected chi connectivity index (χ4v) is 1.96. The average Bonchev–Trinajstić information content (AvgIpc) is 2.37. The molecule has 0 N–H and O–H groups in total. The van der Waals surface area contributed by atoms with Gasteiger partial charge in [-0.15, -0.1) is 0 Å². The van der Waals surface area contributed by atoms with E-state index in [9.17, 15) is 4.79 Å². The van der Waals surface area contributed by atoms with Gasteiger partial charge in [0.25, 0.3) is 0 Å². The van der Waals surface area contributed by atoms with Crippen LogP contribution in [0, 0.1) is 0 Å². The van der Waals surface area contributed by atoms with Gasteiger partial charge in [0.15, 0.2) is 0 Å². The predicted octanol–water partition coefficient (Wildman–Crippen LogP) is 4.43. The van der Waals surface area contributed by atoms with Crippen LogP contribution in [0.1, 0.15) is 21.5 Å². The third-order valence-corrected chi connectivity index (χ3v) is 2.86. The van der Waals surface area contributed by atoms with Gasteiger partial charge in [0, 0.05) is 10.0 Å². The fourth-order valence-electron chi connectivity index (χ4n) is 1.54. The molecule has 0 amide bonds. The summed E-state index contributed by atoms with van der Waals surface area (Å²) in [4.78, 5) is 10.6. The van der Waals surface area contributed by atoms with E-state index in [2.05, 4.69) is 15.9 Å². The van der Waals surface area contributed by atoms with Crippen molar-refractivity contribution in [3.05, 3.63) is 69.7 Å². The summed E-state index contributed by atoms with van der Waals surface area (Å²) in [6.07, 6.45) is 4.87. The summed E-state index contributed by atoms with van der Waals surface area (Å²) in [6, 6.07) is 15.6. The van der Waals surface area contributed by atoms with Crippen LogP contribution in [0.5, 0.6) is 0 Å². The molecular weight excluding hydrogens is 276 g/mol. The number of benzene rings is 2. The Morgan fingerprint density at radius 2 is 1.41 bits per heavy atom. The summed E-state index contributed by atoms with van der Waals surface area (Å²) in [7, 11) is 0. The molecule has 0 aliphatic carbocycles. The Hall–Kier alpha value is -1.67. The lowest BCUT2D eigenvalue weighted by Gasteiger charge is -1.96. The highest BCUT2D eigenvalue weighted by atomic mass is 79.9. The molecule has 2 aromatic rings. The van der Waals surface area contributed by atoms with E-state index < -0.39 is 0 Å². The van der Waals surface area contributed by atoms with Crippen LogP contribution < -0.4 is 0 Å². The van der Waals surface area contributed by atoms with E-state index in [1.807, 2.05) is 54.6 Å². The quantitative estimate of drug-likeness (QED) is 0.603. The highest BCUT2D eigenvalue weighted by Gasteiger charge is 1.92. The number of rotatable bonds is 3. The summed E-state index contributed by atoms with van der Waals surface area (Å²) < 4.78 is 1.06. The van der Waals surface area contributed by atoms with Crippen LogP contribution in [0.4, 0.5) is 0 Å². The first-order valence-electron chi connectivity index (χ1n) is 5.27. The summed E-state index contributed by atoms with van der Waals surface area (Å²) in [6.45, 7) is 0. The zero-order valence-electron chi connectivity index (χ0n) is 9.14. The maximum absolute atomic E-state index is 10.6. The fraction of sp³-hybridized carbons (Fsp3) is 0. The molecule has 0 unspecified atom stereocenters. The second-order valence-electron chi connectivity index (χ2n) is 3.68. The Kier molecular flexibility index (Phi) is 3.89. The van der Waals surface area contributed by atoms with Crippen molar-refractivity contribution < 1.29 is 4.79 Å².